The summed E-state index contributed by atoms with van der Waals surface area (Å²) < 4.78 is 0. The first kappa shape index (κ1) is 12.4. The summed E-state index contributed by atoms with van der Waals surface area (Å²) in [6, 6.07) is 0. The summed E-state index contributed by atoms with van der Waals surface area (Å²) in [6.45, 7) is 6.66. The van der Waals surface area contributed by atoms with Crippen molar-refractivity contribution in [3.63, 3.8) is 0 Å². The molecule has 0 aromatic heterocycles. The molecule has 0 aliphatic carbocycles. The Balaban J connectivity index is 3.80. The van der Waals surface area contributed by atoms with Gasteiger partial charge in [0, 0.05) is 6.54 Å². The maximum absolute atomic E-state index is 11.5. The molecular formula is C10H22N2O. The summed E-state index contributed by atoms with van der Waals surface area (Å²) in [5.74, 6) is -0.0252. The minimum Gasteiger partial charge on any atom is -0.355 e. The molecule has 0 aromatic carbocycles. The first-order valence-corrected chi connectivity index (χ1v) is 5.11. The SMILES string of the molecule is CCCCNC(=O)C(C)(N)CCC. The number of nitrogens with two attached hydrogens (primary N) is 1. The number of rotatable bonds is 6. The van der Waals surface area contributed by atoms with Crippen molar-refractivity contribution in [2.75, 3.05) is 6.54 Å². The quantitative estimate of drug-likeness (QED) is 0.616. The molecule has 0 saturated heterocycles. The van der Waals surface area contributed by atoms with Crippen molar-refractivity contribution in [3.05, 3.63) is 0 Å². The Morgan fingerprint density at radius 3 is 2.46 bits per heavy atom. The van der Waals surface area contributed by atoms with Crippen LogP contribution in [0.3, 0.4) is 0 Å². The molecule has 0 radical (unpaired) electrons. The van der Waals surface area contributed by atoms with Gasteiger partial charge in [-0.15, -0.1) is 0 Å². The molecule has 0 fully saturated rings. The number of unbranched alkanes of at least 4 members (excludes halogenated alkanes) is 1. The summed E-state index contributed by atoms with van der Waals surface area (Å²) in [7, 11) is 0. The molecule has 1 amide bonds. The molecule has 1 unspecified atom stereocenters. The second-order valence-corrected chi connectivity index (χ2v) is 3.78. The third-order valence-corrected chi connectivity index (χ3v) is 2.10. The highest BCUT2D eigenvalue weighted by molar-refractivity contribution is 5.85. The van der Waals surface area contributed by atoms with E-state index in [0.717, 1.165) is 32.2 Å². The van der Waals surface area contributed by atoms with Gasteiger partial charge in [0.05, 0.1) is 5.54 Å². The van der Waals surface area contributed by atoms with Crippen LogP contribution in [-0.4, -0.2) is 18.0 Å². The lowest BCUT2D eigenvalue weighted by atomic mass is 9.96. The third-order valence-electron chi connectivity index (χ3n) is 2.10. The van der Waals surface area contributed by atoms with Gasteiger partial charge in [-0.25, -0.2) is 0 Å². The molecule has 0 spiro atoms. The van der Waals surface area contributed by atoms with Crippen molar-refractivity contribution in [1.82, 2.24) is 5.32 Å². The first-order valence-electron chi connectivity index (χ1n) is 5.11. The van der Waals surface area contributed by atoms with E-state index in [1.54, 1.807) is 6.92 Å². The minimum absolute atomic E-state index is 0.0252. The molecule has 0 heterocycles. The molecule has 0 bridgehead atoms. The second kappa shape index (κ2) is 5.97. The van der Waals surface area contributed by atoms with Gasteiger partial charge in [0.15, 0.2) is 0 Å². The highest BCUT2D eigenvalue weighted by atomic mass is 16.2. The minimum atomic E-state index is -0.692. The lowest BCUT2D eigenvalue weighted by Crippen LogP contribution is -2.51. The van der Waals surface area contributed by atoms with Gasteiger partial charge in [-0.1, -0.05) is 26.7 Å². The number of carbonyl (C=O) groups excluding carboxylic acids is 1. The molecule has 78 valence electrons. The van der Waals surface area contributed by atoms with Crippen LogP contribution < -0.4 is 11.1 Å². The number of carbonyl (C=O) groups is 1. The highest BCUT2D eigenvalue weighted by Gasteiger charge is 2.26. The fourth-order valence-electron chi connectivity index (χ4n) is 1.21. The lowest BCUT2D eigenvalue weighted by Gasteiger charge is -2.22. The normalized spacial score (nSPS) is 15.1. The van der Waals surface area contributed by atoms with E-state index < -0.39 is 5.54 Å². The van der Waals surface area contributed by atoms with Crippen molar-refractivity contribution < 1.29 is 4.79 Å². The van der Waals surface area contributed by atoms with Crippen LogP contribution >= 0.6 is 0 Å². The van der Waals surface area contributed by atoms with Crippen molar-refractivity contribution in [2.24, 2.45) is 5.73 Å². The fourth-order valence-corrected chi connectivity index (χ4v) is 1.21. The van der Waals surface area contributed by atoms with Crippen LogP contribution in [0.2, 0.25) is 0 Å². The average Bonchev–Trinajstić information content (AvgIpc) is 2.04. The Morgan fingerprint density at radius 1 is 1.38 bits per heavy atom. The molecule has 0 aromatic rings. The van der Waals surface area contributed by atoms with Crippen molar-refractivity contribution >= 4 is 5.91 Å². The Hall–Kier alpha value is -0.570. The summed E-state index contributed by atoms with van der Waals surface area (Å²) in [5, 5.41) is 2.84. The fraction of sp³-hybridized carbons (Fsp3) is 0.900. The van der Waals surface area contributed by atoms with E-state index in [1.165, 1.54) is 0 Å². The molecule has 1 atom stereocenters. The van der Waals surface area contributed by atoms with Crippen molar-refractivity contribution in [3.8, 4) is 0 Å². The van der Waals surface area contributed by atoms with E-state index in [9.17, 15) is 4.79 Å². The van der Waals surface area contributed by atoms with Crippen molar-refractivity contribution in [2.45, 2.75) is 52.0 Å². The summed E-state index contributed by atoms with van der Waals surface area (Å²) in [5.41, 5.74) is 5.15. The molecule has 3 nitrogen and oxygen atoms in total. The Bertz CT molecular complexity index is 155. The maximum Gasteiger partial charge on any atom is 0.239 e. The van der Waals surface area contributed by atoms with Crippen LogP contribution in [-0.2, 0) is 4.79 Å². The summed E-state index contributed by atoms with van der Waals surface area (Å²) in [6.07, 6.45) is 3.79. The predicted octanol–water partition coefficient (Wildman–Crippen LogP) is 1.42. The van der Waals surface area contributed by atoms with E-state index in [2.05, 4.69) is 12.2 Å². The Kier molecular flexibility index (Phi) is 5.71. The van der Waals surface area contributed by atoms with Gasteiger partial charge in [-0.3, -0.25) is 4.79 Å². The molecular weight excluding hydrogens is 164 g/mol. The van der Waals surface area contributed by atoms with Gasteiger partial charge in [-0.2, -0.15) is 0 Å². The van der Waals surface area contributed by atoms with Crippen LogP contribution in [0.5, 0.6) is 0 Å². The molecule has 0 aliphatic rings. The molecule has 3 heteroatoms. The van der Waals surface area contributed by atoms with Crippen LogP contribution in [0.4, 0.5) is 0 Å². The van der Waals surface area contributed by atoms with Gasteiger partial charge in [0.2, 0.25) is 5.91 Å². The van der Waals surface area contributed by atoms with E-state index in [0.29, 0.717) is 0 Å². The molecule has 0 aliphatic heterocycles. The number of hydrogen-bond acceptors (Lipinski definition) is 2. The summed E-state index contributed by atoms with van der Waals surface area (Å²) >= 11 is 0. The Labute approximate surface area is 81.1 Å². The van der Waals surface area contributed by atoms with Gasteiger partial charge < -0.3 is 11.1 Å². The first-order chi connectivity index (χ1) is 6.04. The van der Waals surface area contributed by atoms with Gasteiger partial charge in [0.1, 0.15) is 0 Å². The molecule has 13 heavy (non-hydrogen) atoms. The van der Waals surface area contributed by atoms with Crippen LogP contribution in [0.1, 0.15) is 46.5 Å². The highest BCUT2D eigenvalue weighted by Crippen LogP contribution is 2.08. The van der Waals surface area contributed by atoms with Crippen LogP contribution in [0, 0.1) is 0 Å². The standard InChI is InChI=1S/C10H22N2O/c1-4-6-8-12-9(13)10(3,11)7-5-2/h4-8,11H2,1-3H3,(H,12,13). The zero-order valence-electron chi connectivity index (χ0n) is 9.02. The molecule has 0 saturated carbocycles. The number of nitrogens with one attached hydrogen (secondary N) is 1. The van der Waals surface area contributed by atoms with E-state index >= 15 is 0 Å². The maximum atomic E-state index is 11.5. The number of hydrogen-bond donors (Lipinski definition) is 2. The van der Waals surface area contributed by atoms with Crippen molar-refractivity contribution in [1.29, 1.82) is 0 Å². The Morgan fingerprint density at radius 2 is 2.00 bits per heavy atom. The molecule has 0 rings (SSSR count). The zero-order valence-corrected chi connectivity index (χ0v) is 9.02. The smallest absolute Gasteiger partial charge is 0.239 e. The van der Waals surface area contributed by atoms with Gasteiger partial charge >= 0.3 is 0 Å². The second-order valence-electron chi connectivity index (χ2n) is 3.78. The van der Waals surface area contributed by atoms with E-state index in [1.807, 2.05) is 6.92 Å². The lowest BCUT2D eigenvalue weighted by molar-refractivity contribution is -0.126. The topological polar surface area (TPSA) is 55.1 Å². The van der Waals surface area contributed by atoms with E-state index in [-0.39, 0.29) is 5.91 Å². The average molecular weight is 186 g/mol. The van der Waals surface area contributed by atoms with E-state index in [4.69, 9.17) is 5.73 Å². The van der Waals surface area contributed by atoms with Crippen LogP contribution in [0.25, 0.3) is 0 Å². The molecule has 3 N–H and O–H groups in total. The number of amides is 1. The summed E-state index contributed by atoms with van der Waals surface area (Å²) in [4.78, 5) is 11.5. The van der Waals surface area contributed by atoms with Gasteiger partial charge in [0.25, 0.3) is 0 Å². The third kappa shape index (κ3) is 4.88. The zero-order chi connectivity index (χ0) is 10.3. The largest absolute Gasteiger partial charge is 0.355 e. The van der Waals surface area contributed by atoms with Crippen LogP contribution in [0.15, 0.2) is 0 Å². The monoisotopic (exact) mass is 186 g/mol. The van der Waals surface area contributed by atoms with Gasteiger partial charge in [-0.05, 0) is 19.8 Å². The predicted molar refractivity (Wildman–Crippen MR) is 55.4 cm³/mol.